The van der Waals surface area contributed by atoms with Crippen molar-refractivity contribution < 1.29 is 4.39 Å². The van der Waals surface area contributed by atoms with Crippen LogP contribution in [0.2, 0.25) is 0 Å². The monoisotopic (exact) mass is 318 g/mol. The van der Waals surface area contributed by atoms with Crippen LogP contribution in [0.25, 0.3) is 22.3 Å². The molecule has 0 amide bonds. The number of hydrogen-bond acceptors (Lipinski definition) is 4. The van der Waals surface area contributed by atoms with Crippen LogP contribution in [-0.4, -0.2) is 16.7 Å². The van der Waals surface area contributed by atoms with Crippen molar-refractivity contribution in [3.05, 3.63) is 66.1 Å². The Hall–Kier alpha value is -3.26. The van der Waals surface area contributed by atoms with Crippen molar-refractivity contribution >= 4 is 5.82 Å². The molecule has 0 aliphatic rings. The molecule has 24 heavy (non-hydrogen) atoms. The SMILES string of the molecule is CCNc1cc(-c2ccccc2-c2ccc(F)cc2C#N)cnn1. The standard InChI is InChI=1S/C19H15FN4/c1-2-22-19-10-14(12-23-24-19)16-5-3-4-6-18(16)17-8-7-15(20)9-13(17)11-21/h3-10,12H,2H2,1H3,(H,22,24). The van der Waals surface area contributed by atoms with Gasteiger partial charge in [0.2, 0.25) is 0 Å². The van der Waals surface area contributed by atoms with Gasteiger partial charge in [-0.15, -0.1) is 5.10 Å². The predicted octanol–water partition coefficient (Wildman–Crippen LogP) is 4.25. The lowest BCUT2D eigenvalue weighted by atomic mass is 9.93. The van der Waals surface area contributed by atoms with Crippen molar-refractivity contribution in [2.75, 3.05) is 11.9 Å². The van der Waals surface area contributed by atoms with Crippen molar-refractivity contribution in [2.45, 2.75) is 6.92 Å². The number of halogens is 1. The number of rotatable bonds is 4. The fourth-order valence-electron chi connectivity index (χ4n) is 2.60. The van der Waals surface area contributed by atoms with Gasteiger partial charge in [-0.3, -0.25) is 0 Å². The van der Waals surface area contributed by atoms with E-state index < -0.39 is 5.82 Å². The lowest BCUT2D eigenvalue weighted by Gasteiger charge is -2.12. The van der Waals surface area contributed by atoms with Gasteiger partial charge >= 0.3 is 0 Å². The molecule has 3 aromatic rings. The van der Waals surface area contributed by atoms with E-state index >= 15 is 0 Å². The molecular formula is C19H15FN4. The first-order chi connectivity index (χ1) is 11.7. The highest BCUT2D eigenvalue weighted by Crippen LogP contribution is 2.34. The van der Waals surface area contributed by atoms with Crippen LogP contribution in [0.5, 0.6) is 0 Å². The number of nitriles is 1. The van der Waals surface area contributed by atoms with Gasteiger partial charge < -0.3 is 5.32 Å². The molecule has 0 spiro atoms. The third-order valence-electron chi connectivity index (χ3n) is 3.64. The number of nitrogens with zero attached hydrogens (tertiary/aromatic N) is 3. The van der Waals surface area contributed by atoms with E-state index in [9.17, 15) is 9.65 Å². The number of anilines is 1. The smallest absolute Gasteiger partial charge is 0.149 e. The van der Waals surface area contributed by atoms with Crippen LogP contribution >= 0.6 is 0 Å². The van der Waals surface area contributed by atoms with Crippen molar-refractivity contribution in [3.63, 3.8) is 0 Å². The van der Waals surface area contributed by atoms with Gasteiger partial charge in [-0.2, -0.15) is 10.4 Å². The van der Waals surface area contributed by atoms with E-state index in [1.54, 1.807) is 12.3 Å². The molecule has 0 saturated carbocycles. The van der Waals surface area contributed by atoms with E-state index in [2.05, 4.69) is 21.6 Å². The number of aromatic nitrogens is 2. The first-order valence-electron chi connectivity index (χ1n) is 7.59. The second-order valence-electron chi connectivity index (χ2n) is 5.21. The van der Waals surface area contributed by atoms with Gasteiger partial charge in [0.1, 0.15) is 11.6 Å². The number of benzene rings is 2. The molecule has 0 aliphatic carbocycles. The summed E-state index contributed by atoms with van der Waals surface area (Å²) >= 11 is 0. The largest absolute Gasteiger partial charge is 0.369 e. The Kier molecular flexibility index (Phi) is 4.48. The number of nitrogens with one attached hydrogen (secondary N) is 1. The van der Waals surface area contributed by atoms with E-state index in [1.807, 2.05) is 37.3 Å². The van der Waals surface area contributed by atoms with Crippen molar-refractivity contribution in [1.29, 1.82) is 5.26 Å². The molecule has 0 fully saturated rings. The minimum atomic E-state index is -0.423. The predicted molar refractivity (Wildman–Crippen MR) is 91.7 cm³/mol. The third-order valence-corrected chi connectivity index (χ3v) is 3.64. The van der Waals surface area contributed by atoms with E-state index in [1.165, 1.54) is 12.1 Å². The number of hydrogen-bond donors (Lipinski definition) is 1. The van der Waals surface area contributed by atoms with Crippen molar-refractivity contribution in [3.8, 4) is 28.3 Å². The molecule has 0 saturated heterocycles. The Labute approximate surface area is 139 Å². The average Bonchev–Trinajstić information content (AvgIpc) is 2.62. The molecule has 0 bridgehead atoms. The molecule has 1 heterocycles. The summed E-state index contributed by atoms with van der Waals surface area (Å²) in [5.74, 6) is 0.261. The molecule has 3 rings (SSSR count). The summed E-state index contributed by atoms with van der Waals surface area (Å²) in [7, 11) is 0. The summed E-state index contributed by atoms with van der Waals surface area (Å²) in [4.78, 5) is 0. The zero-order valence-corrected chi connectivity index (χ0v) is 13.1. The maximum atomic E-state index is 13.4. The lowest BCUT2D eigenvalue weighted by molar-refractivity contribution is 0.627. The fraction of sp³-hybridized carbons (Fsp3) is 0.105. The fourth-order valence-corrected chi connectivity index (χ4v) is 2.60. The summed E-state index contributed by atoms with van der Waals surface area (Å²) in [5, 5.41) is 20.5. The molecular weight excluding hydrogens is 303 g/mol. The molecule has 0 aliphatic heterocycles. The van der Waals surface area contributed by atoms with E-state index in [0.717, 1.165) is 23.2 Å². The second-order valence-corrected chi connectivity index (χ2v) is 5.21. The Bertz CT molecular complexity index is 915. The summed E-state index contributed by atoms with van der Waals surface area (Å²) in [5.41, 5.74) is 3.64. The van der Waals surface area contributed by atoms with E-state index in [-0.39, 0.29) is 0 Å². The van der Waals surface area contributed by atoms with Gasteiger partial charge in [0.05, 0.1) is 17.8 Å². The van der Waals surface area contributed by atoms with Crippen LogP contribution in [0.3, 0.4) is 0 Å². The molecule has 1 N–H and O–H groups in total. The Morgan fingerprint density at radius 3 is 2.62 bits per heavy atom. The minimum absolute atomic E-state index is 0.302. The van der Waals surface area contributed by atoms with Crippen LogP contribution in [0.15, 0.2) is 54.7 Å². The minimum Gasteiger partial charge on any atom is -0.369 e. The molecule has 0 atom stereocenters. The molecule has 4 nitrogen and oxygen atoms in total. The van der Waals surface area contributed by atoms with Crippen LogP contribution in [0.1, 0.15) is 12.5 Å². The molecule has 0 unspecified atom stereocenters. The van der Waals surface area contributed by atoms with E-state index in [0.29, 0.717) is 16.9 Å². The third kappa shape index (κ3) is 3.08. The maximum absolute atomic E-state index is 13.4. The topological polar surface area (TPSA) is 61.6 Å². The second kappa shape index (κ2) is 6.88. The normalized spacial score (nSPS) is 10.2. The van der Waals surface area contributed by atoms with Crippen molar-refractivity contribution in [2.24, 2.45) is 0 Å². The maximum Gasteiger partial charge on any atom is 0.149 e. The summed E-state index contributed by atoms with van der Waals surface area (Å²) in [6.45, 7) is 2.73. The molecule has 118 valence electrons. The highest BCUT2D eigenvalue weighted by Gasteiger charge is 2.12. The zero-order chi connectivity index (χ0) is 16.9. The molecule has 5 heteroatoms. The van der Waals surface area contributed by atoms with Gasteiger partial charge in [0.25, 0.3) is 0 Å². The molecule has 1 aromatic heterocycles. The highest BCUT2D eigenvalue weighted by molar-refractivity contribution is 5.86. The van der Waals surface area contributed by atoms with Crippen LogP contribution in [0, 0.1) is 17.1 Å². The first kappa shape index (κ1) is 15.6. The van der Waals surface area contributed by atoms with E-state index in [4.69, 9.17) is 0 Å². The first-order valence-corrected chi connectivity index (χ1v) is 7.59. The Morgan fingerprint density at radius 2 is 1.88 bits per heavy atom. The van der Waals surface area contributed by atoms with Gasteiger partial charge in [-0.1, -0.05) is 30.3 Å². The quantitative estimate of drug-likeness (QED) is 0.781. The average molecular weight is 318 g/mol. The van der Waals surface area contributed by atoms with Crippen LogP contribution < -0.4 is 5.32 Å². The Morgan fingerprint density at radius 1 is 1.08 bits per heavy atom. The van der Waals surface area contributed by atoms with Crippen LogP contribution in [0.4, 0.5) is 10.2 Å². The van der Waals surface area contributed by atoms with Crippen molar-refractivity contribution in [1.82, 2.24) is 10.2 Å². The summed E-state index contributed by atoms with van der Waals surface area (Å²) < 4.78 is 13.4. The molecule has 0 radical (unpaired) electrons. The van der Waals surface area contributed by atoms with Gasteiger partial charge in [0.15, 0.2) is 0 Å². The molecule has 2 aromatic carbocycles. The lowest BCUT2D eigenvalue weighted by Crippen LogP contribution is -2.00. The van der Waals surface area contributed by atoms with Gasteiger partial charge in [0, 0.05) is 17.7 Å². The van der Waals surface area contributed by atoms with Gasteiger partial charge in [-0.25, -0.2) is 4.39 Å². The Balaban J connectivity index is 2.16. The zero-order valence-electron chi connectivity index (χ0n) is 13.1. The van der Waals surface area contributed by atoms with Gasteiger partial charge in [-0.05, 0) is 36.2 Å². The summed E-state index contributed by atoms with van der Waals surface area (Å²) in [6.07, 6.45) is 1.68. The van der Waals surface area contributed by atoms with Crippen LogP contribution in [-0.2, 0) is 0 Å². The highest BCUT2D eigenvalue weighted by atomic mass is 19.1. The summed E-state index contributed by atoms with van der Waals surface area (Å²) in [6, 6.07) is 15.9.